The van der Waals surface area contributed by atoms with Gasteiger partial charge in [-0.25, -0.2) is 0 Å². The molecule has 3 nitrogen and oxygen atoms in total. The smallest absolute Gasteiger partial charge is 0.0633 e. The Bertz CT molecular complexity index is 2410. The number of anilines is 2. The molecule has 0 fully saturated rings. The van der Waals surface area contributed by atoms with Crippen molar-refractivity contribution >= 4 is 39.3 Å². The zero-order chi connectivity index (χ0) is 31.9. The third-order valence-electron chi connectivity index (χ3n) is 9.06. The Hall–Kier alpha value is -6.32. The average Bonchev–Trinajstić information content (AvgIpc) is 3.47. The highest BCUT2D eigenvalue weighted by Gasteiger charge is 2.29. The molecule has 0 saturated carbocycles. The van der Waals surface area contributed by atoms with Gasteiger partial charge in [0.25, 0.3) is 0 Å². The maximum atomic E-state index is 7.51. The first-order chi connectivity index (χ1) is 23.2. The van der Waals surface area contributed by atoms with Crippen LogP contribution in [0.25, 0.3) is 78.1 Å². The van der Waals surface area contributed by atoms with E-state index in [4.69, 9.17) is 11.5 Å². The van der Waals surface area contributed by atoms with E-state index in [1.165, 1.54) is 0 Å². The van der Waals surface area contributed by atoms with Gasteiger partial charge in [0.2, 0.25) is 0 Å². The van der Waals surface area contributed by atoms with E-state index < -0.39 is 0 Å². The standard InChI is InChI=1S/C44H33N3/c1-2-29-16-15-25-34(28-29)47-36-27-26-35(45)37(30-17-7-3-8-18-30)41(36)42-39(32-21-11-5-12-22-32)43(46)38(31-19-9-4-10-20-31)40(44(42)47)33-23-13-6-14-24-33/h2-28H,1,45-46H2. The topological polar surface area (TPSA) is 57.0 Å². The summed E-state index contributed by atoms with van der Waals surface area (Å²) in [7, 11) is 0. The number of hydrogen-bond donors (Lipinski definition) is 2. The highest BCUT2D eigenvalue weighted by atomic mass is 15.0. The first kappa shape index (κ1) is 28.2. The summed E-state index contributed by atoms with van der Waals surface area (Å²) in [6.07, 6.45) is 1.89. The molecular weight excluding hydrogens is 571 g/mol. The number of hydrogen-bond acceptors (Lipinski definition) is 2. The van der Waals surface area contributed by atoms with Crippen LogP contribution in [0.4, 0.5) is 11.4 Å². The molecule has 8 aromatic rings. The van der Waals surface area contributed by atoms with Crippen LogP contribution in [0.5, 0.6) is 0 Å². The Labute approximate surface area is 274 Å². The first-order valence-electron chi connectivity index (χ1n) is 15.8. The van der Waals surface area contributed by atoms with Gasteiger partial charge in [-0.1, -0.05) is 146 Å². The fraction of sp³-hybridized carbons (Fsp3) is 0. The molecule has 0 spiro atoms. The lowest BCUT2D eigenvalue weighted by Gasteiger charge is -2.22. The van der Waals surface area contributed by atoms with Crippen molar-refractivity contribution in [2.75, 3.05) is 11.5 Å². The quantitative estimate of drug-likeness (QED) is 0.186. The molecule has 0 saturated heterocycles. The summed E-state index contributed by atoms with van der Waals surface area (Å²) in [5, 5.41) is 2.13. The maximum Gasteiger partial charge on any atom is 0.0633 e. The van der Waals surface area contributed by atoms with Crippen LogP contribution in [0.2, 0.25) is 0 Å². The number of nitrogen functional groups attached to an aromatic ring is 2. The van der Waals surface area contributed by atoms with Crippen molar-refractivity contribution in [2.45, 2.75) is 0 Å². The lowest BCUT2D eigenvalue weighted by atomic mass is 9.84. The molecule has 0 aliphatic heterocycles. The SMILES string of the molecule is C=Cc1cccc(-n2c3ccc(N)c(-c4ccccc4)c3c3c(-c4ccccc4)c(N)c(-c4ccccc4)c(-c4ccccc4)c32)c1. The summed E-state index contributed by atoms with van der Waals surface area (Å²) in [4.78, 5) is 0. The lowest BCUT2D eigenvalue weighted by Crippen LogP contribution is -2.02. The maximum absolute atomic E-state index is 7.51. The Morgan fingerprint density at radius 1 is 0.468 bits per heavy atom. The van der Waals surface area contributed by atoms with Crippen LogP contribution in [-0.2, 0) is 0 Å². The number of nitrogens with zero attached hydrogens (tertiary/aromatic N) is 1. The van der Waals surface area contributed by atoms with Crippen LogP contribution in [0.15, 0.2) is 164 Å². The molecule has 224 valence electrons. The Morgan fingerprint density at radius 2 is 0.979 bits per heavy atom. The second kappa shape index (κ2) is 11.6. The van der Waals surface area contributed by atoms with E-state index in [2.05, 4.69) is 145 Å². The number of nitrogens with two attached hydrogens (primary N) is 2. The van der Waals surface area contributed by atoms with Crippen LogP contribution >= 0.6 is 0 Å². The predicted molar refractivity (Wildman–Crippen MR) is 201 cm³/mol. The molecule has 7 aromatic carbocycles. The minimum Gasteiger partial charge on any atom is -0.398 e. The van der Waals surface area contributed by atoms with Gasteiger partial charge in [-0.3, -0.25) is 0 Å². The van der Waals surface area contributed by atoms with E-state index in [-0.39, 0.29) is 0 Å². The summed E-state index contributed by atoms with van der Waals surface area (Å²) < 4.78 is 2.39. The summed E-state index contributed by atoms with van der Waals surface area (Å²) in [6, 6.07) is 54.8. The van der Waals surface area contributed by atoms with Crippen LogP contribution in [-0.4, -0.2) is 4.57 Å². The van der Waals surface area contributed by atoms with Gasteiger partial charge in [0.1, 0.15) is 0 Å². The zero-order valence-corrected chi connectivity index (χ0v) is 25.9. The molecule has 0 bridgehead atoms. The van der Waals surface area contributed by atoms with E-state index >= 15 is 0 Å². The second-order valence-electron chi connectivity index (χ2n) is 11.8. The monoisotopic (exact) mass is 603 g/mol. The van der Waals surface area contributed by atoms with Crippen LogP contribution in [0, 0.1) is 0 Å². The molecule has 0 aliphatic rings. The van der Waals surface area contributed by atoms with E-state index in [0.29, 0.717) is 5.69 Å². The molecule has 0 radical (unpaired) electrons. The van der Waals surface area contributed by atoms with Gasteiger partial charge >= 0.3 is 0 Å². The number of benzene rings is 7. The fourth-order valence-corrected chi connectivity index (χ4v) is 7.06. The van der Waals surface area contributed by atoms with Crippen molar-refractivity contribution in [2.24, 2.45) is 0 Å². The molecule has 0 amide bonds. The first-order valence-corrected chi connectivity index (χ1v) is 15.8. The van der Waals surface area contributed by atoms with Crippen LogP contribution < -0.4 is 11.5 Å². The molecule has 0 atom stereocenters. The number of rotatable bonds is 6. The Morgan fingerprint density at radius 3 is 1.53 bits per heavy atom. The highest BCUT2D eigenvalue weighted by Crippen LogP contribution is 2.54. The van der Waals surface area contributed by atoms with Gasteiger partial charge in [0, 0.05) is 50.1 Å². The normalized spacial score (nSPS) is 11.2. The average molecular weight is 604 g/mol. The molecule has 1 heterocycles. The molecule has 1 aromatic heterocycles. The van der Waals surface area contributed by atoms with Crippen molar-refractivity contribution in [1.82, 2.24) is 4.57 Å². The number of fused-ring (bicyclic) bond motifs is 3. The number of aromatic nitrogens is 1. The van der Waals surface area contributed by atoms with Gasteiger partial charge in [-0.05, 0) is 52.1 Å². The van der Waals surface area contributed by atoms with Gasteiger partial charge in [-0.15, -0.1) is 0 Å². The molecule has 47 heavy (non-hydrogen) atoms. The van der Waals surface area contributed by atoms with Crippen molar-refractivity contribution in [3.8, 4) is 50.2 Å². The van der Waals surface area contributed by atoms with Crippen molar-refractivity contribution in [3.63, 3.8) is 0 Å². The predicted octanol–water partition coefficient (Wildman–Crippen LogP) is 11.3. The third kappa shape index (κ3) is 4.60. The molecule has 0 unspecified atom stereocenters. The highest BCUT2D eigenvalue weighted by molar-refractivity contribution is 6.29. The summed E-state index contributed by atoms with van der Waals surface area (Å²) in [5.74, 6) is 0. The summed E-state index contributed by atoms with van der Waals surface area (Å²) in [6.45, 7) is 4.09. The Kier molecular flexibility index (Phi) is 6.93. The molecule has 4 N–H and O–H groups in total. The van der Waals surface area contributed by atoms with Crippen molar-refractivity contribution in [1.29, 1.82) is 0 Å². The van der Waals surface area contributed by atoms with E-state index in [1.807, 2.05) is 30.3 Å². The van der Waals surface area contributed by atoms with Gasteiger partial charge in [0.05, 0.1) is 11.0 Å². The lowest BCUT2D eigenvalue weighted by molar-refractivity contribution is 1.18. The van der Waals surface area contributed by atoms with Gasteiger partial charge in [0.15, 0.2) is 0 Å². The van der Waals surface area contributed by atoms with E-state index in [1.54, 1.807) is 0 Å². The third-order valence-corrected chi connectivity index (χ3v) is 9.06. The van der Waals surface area contributed by atoms with Gasteiger partial charge < -0.3 is 16.0 Å². The summed E-state index contributed by atoms with van der Waals surface area (Å²) in [5.41, 5.74) is 28.4. The van der Waals surface area contributed by atoms with Gasteiger partial charge in [-0.2, -0.15) is 0 Å². The fourth-order valence-electron chi connectivity index (χ4n) is 7.06. The second-order valence-corrected chi connectivity index (χ2v) is 11.8. The molecule has 8 rings (SSSR count). The van der Waals surface area contributed by atoms with Crippen LogP contribution in [0.1, 0.15) is 5.56 Å². The molecule has 0 aliphatic carbocycles. The van der Waals surface area contributed by atoms with Crippen LogP contribution in [0.3, 0.4) is 0 Å². The van der Waals surface area contributed by atoms with E-state index in [9.17, 15) is 0 Å². The van der Waals surface area contributed by atoms with E-state index in [0.717, 1.165) is 83.3 Å². The minimum absolute atomic E-state index is 0.716. The molecule has 3 heteroatoms. The largest absolute Gasteiger partial charge is 0.398 e. The molecular formula is C44H33N3. The zero-order valence-electron chi connectivity index (χ0n) is 25.9. The van der Waals surface area contributed by atoms with Crippen molar-refractivity contribution in [3.05, 3.63) is 170 Å². The Balaban J connectivity index is 1.73. The minimum atomic E-state index is 0.716. The summed E-state index contributed by atoms with van der Waals surface area (Å²) >= 11 is 0. The van der Waals surface area contributed by atoms with Crippen molar-refractivity contribution < 1.29 is 0 Å².